The van der Waals surface area contributed by atoms with Crippen LogP contribution in [0.15, 0.2) is 66.7 Å². The summed E-state index contributed by atoms with van der Waals surface area (Å²) < 4.78 is 5.73. The number of thiophene rings is 1. The van der Waals surface area contributed by atoms with Gasteiger partial charge in [-0.15, -0.1) is 11.3 Å². The molecule has 3 aromatic rings. The van der Waals surface area contributed by atoms with Gasteiger partial charge in [-0.25, -0.2) is 0 Å². The molecule has 0 aliphatic rings. The molecule has 3 nitrogen and oxygen atoms in total. The lowest BCUT2D eigenvalue weighted by molar-refractivity contribution is 0.0951. The molecule has 0 bridgehead atoms. The molecule has 3 rings (SSSR count). The van der Waals surface area contributed by atoms with Crippen molar-refractivity contribution < 1.29 is 9.53 Å². The fourth-order valence-electron chi connectivity index (χ4n) is 2.29. The third kappa shape index (κ3) is 4.46. The molecular weight excluding hydrogens is 318 g/mol. The Hall–Kier alpha value is -2.59. The fraction of sp³-hybridized carbons (Fsp3) is 0.150. The number of benzene rings is 2. The molecule has 1 heterocycles. The van der Waals surface area contributed by atoms with Crippen molar-refractivity contribution >= 4 is 17.2 Å². The standard InChI is InChI=1S/C20H19NO2S/c1-15-7-12-19(24-15)13-21-20(22)17-8-10-18(11-9-17)23-14-16-5-3-2-4-6-16/h2-12H,13-14H2,1H3,(H,21,22). The lowest BCUT2D eigenvalue weighted by Crippen LogP contribution is -2.22. The van der Waals surface area contributed by atoms with Gasteiger partial charge < -0.3 is 10.1 Å². The van der Waals surface area contributed by atoms with E-state index in [1.54, 1.807) is 23.5 Å². The molecule has 0 atom stereocenters. The first-order valence-electron chi connectivity index (χ1n) is 7.81. The lowest BCUT2D eigenvalue weighted by Gasteiger charge is -2.08. The fourth-order valence-corrected chi connectivity index (χ4v) is 3.12. The summed E-state index contributed by atoms with van der Waals surface area (Å²) in [7, 11) is 0. The Balaban J connectivity index is 1.52. The van der Waals surface area contributed by atoms with Gasteiger partial charge in [0.2, 0.25) is 0 Å². The average molecular weight is 337 g/mol. The van der Waals surface area contributed by atoms with E-state index in [0.29, 0.717) is 18.7 Å². The molecule has 1 N–H and O–H groups in total. The van der Waals surface area contributed by atoms with Crippen LogP contribution in [0.25, 0.3) is 0 Å². The highest BCUT2D eigenvalue weighted by molar-refractivity contribution is 7.11. The molecule has 2 aromatic carbocycles. The molecule has 0 fully saturated rings. The average Bonchev–Trinajstić information content (AvgIpc) is 3.04. The maximum atomic E-state index is 12.2. The number of hydrogen-bond acceptors (Lipinski definition) is 3. The minimum absolute atomic E-state index is 0.0735. The topological polar surface area (TPSA) is 38.3 Å². The zero-order valence-electron chi connectivity index (χ0n) is 13.5. The minimum atomic E-state index is -0.0735. The van der Waals surface area contributed by atoms with Crippen molar-refractivity contribution in [3.8, 4) is 5.75 Å². The van der Waals surface area contributed by atoms with E-state index in [1.165, 1.54) is 4.88 Å². The molecule has 4 heteroatoms. The molecule has 24 heavy (non-hydrogen) atoms. The Bertz CT molecular complexity index is 794. The van der Waals surface area contributed by atoms with Crippen LogP contribution < -0.4 is 10.1 Å². The van der Waals surface area contributed by atoms with Gasteiger partial charge in [0.25, 0.3) is 5.91 Å². The second-order valence-corrected chi connectivity index (χ2v) is 6.87. The Morgan fingerprint density at radius 2 is 1.75 bits per heavy atom. The van der Waals surface area contributed by atoms with Crippen LogP contribution in [-0.4, -0.2) is 5.91 Å². The number of amides is 1. The van der Waals surface area contributed by atoms with Crippen molar-refractivity contribution in [2.75, 3.05) is 0 Å². The number of aryl methyl sites for hydroxylation is 1. The number of ether oxygens (including phenoxy) is 1. The summed E-state index contributed by atoms with van der Waals surface area (Å²) >= 11 is 1.70. The Morgan fingerprint density at radius 1 is 1.00 bits per heavy atom. The summed E-state index contributed by atoms with van der Waals surface area (Å²) in [5.74, 6) is 0.681. The van der Waals surface area contributed by atoms with E-state index in [-0.39, 0.29) is 5.91 Å². The maximum Gasteiger partial charge on any atom is 0.251 e. The van der Waals surface area contributed by atoms with Gasteiger partial charge in [-0.3, -0.25) is 4.79 Å². The van der Waals surface area contributed by atoms with E-state index in [0.717, 1.165) is 16.2 Å². The molecule has 0 radical (unpaired) electrons. The van der Waals surface area contributed by atoms with Gasteiger partial charge in [0.1, 0.15) is 12.4 Å². The molecule has 1 amide bonds. The summed E-state index contributed by atoms with van der Waals surface area (Å²) in [6.07, 6.45) is 0. The third-order valence-corrected chi connectivity index (χ3v) is 4.58. The molecule has 0 aliphatic carbocycles. The first-order chi connectivity index (χ1) is 11.7. The summed E-state index contributed by atoms with van der Waals surface area (Å²) in [6.45, 7) is 3.14. The van der Waals surface area contributed by atoms with Crippen molar-refractivity contribution in [3.05, 3.63) is 87.6 Å². The van der Waals surface area contributed by atoms with Crippen LogP contribution in [0, 0.1) is 6.92 Å². The second kappa shape index (κ2) is 7.79. The van der Waals surface area contributed by atoms with Crippen molar-refractivity contribution in [1.82, 2.24) is 5.32 Å². The van der Waals surface area contributed by atoms with E-state index in [2.05, 4.69) is 18.3 Å². The normalized spacial score (nSPS) is 10.4. The van der Waals surface area contributed by atoms with Gasteiger partial charge in [0.15, 0.2) is 0 Å². The first kappa shape index (κ1) is 16.3. The van der Waals surface area contributed by atoms with Crippen molar-refractivity contribution in [3.63, 3.8) is 0 Å². The van der Waals surface area contributed by atoms with Gasteiger partial charge in [0, 0.05) is 15.3 Å². The maximum absolute atomic E-state index is 12.2. The van der Waals surface area contributed by atoms with E-state index in [1.807, 2.05) is 48.5 Å². The molecular formula is C20H19NO2S. The number of carbonyl (C=O) groups excluding carboxylic acids is 1. The van der Waals surface area contributed by atoms with Crippen LogP contribution in [-0.2, 0) is 13.2 Å². The SMILES string of the molecule is Cc1ccc(CNC(=O)c2ccc(OCc3ccccc3)cc2)s1. The van der Waals surface area contributed by atoms with E-state index in [9.17, 15) is 4.79 Å². The van der Waals surface area contributed by atoms with E-state index in [4.69, 9.17) is 4.74 Å². The van der Waals surface area contributed by atoms with Crippen LogP contribution in [0.2, 0.25) is 0 Å². The highest BCUT2D eigenvalue weighted by atomic mass is 32.1. The van der Waals surface area contributed by atoms with Crippen LogP contribution in [0.3, 0.4) is 0 Å². The van der Waals surface area contributed by atoms with Gasteiger partial charge in [0.05, 0.1) is 6.54 Å². The Labute approximate surface area is 145 Å². The van der Waals surface area contributed by atoms with Crippen molar-refractivity contribution in [2.45, 2.75) is 20.1 Å². The molecule has 0 unspecified atom stereocenters. The van der Waals surface area contributed by atoms with E-state index < -0.39 is 0 Å². The second-order valence-electron chi connectivity index (χ2n) is 5.49. The van der Waals surface area contributed by atoms with Crippen molar-refractivity contribution in [2.24, 2.45) is 0 Å². The van der Waals surface area contributed by atoms with E-state index >= 15 is 0 Å². The molecule has 0 saturated carbocycles. The highest BCUT2D eigenvalue weighted by Crippen LogP contribution is 2.16. The molecule has 1 aromatic heterocycles. The lowest BCUT2D eigenvalue weighted by atomic mass is 10.2. The third-order valence-electron chi connectivity index (χ3n) is 3.58. The number of nitrogens with one attached hydrogen (secondary N) is 1. The summed E-state index contributed by atoms with van der Waals surface area (Å²) in [5.41, 5.74) is 1.75. The summed E-state index contributed by atoms with van der Waals surface area (Å²) in [4.78, 5) is 14.6. The molecule has 122 valence electrons. The largest absolute Gasteiger partial charge is 0.489 e. The van der Waals surface area contributed by atoms with Gasteiger partial charge in [-0.05, 0) is 48.9 Å². The highest BCUT2D eigenvalue weighted by Gasteiger charge is 2.06. The summed E-state index contributed by atoms with van der Waals surface area (Å²) in [6, 6.07) is 21.3. The molecule has 0 saturated heterocycles. The van der Waals surface area contributed by atoms with Crippen LogP contribution in [0.1, 0.15) is 25.7 Å². The van der Waals surface area contributed by atoms with Crippen LogP contribution in [0.4, 0.5) is 0 Å². The van der Waals surface area contributed by atoms with Crippen LogP contribution in [0.5, 0.6) is 5.75 Å². The zero-order chi connectivity index (χ0) is 16.8. The quantitative estimate of drug-likeness (QED) is 0.716. The van der Waals surface area contributed by atoms with Crippen molar-refractivity contribution in [1.29, 1.82) is 0 Å². The smallest absolute Gasteiger partial charge is 0.251 e. The molecule has 0 spiro atoms. The van der Waals surface area contributed by atoms with Gasteiger partial charge >= 0.3 is 0 Å². The summed E-state index contributed by atoms with van der Waals surface area (Å²) in [5, 5.41) is 2.94. The first-order valence-corrected chi connectivity index (χ1v) is 8.63. The predicted octanol–water partition coefficient (Wildman–Crippen LogP) is 4.57. The van der Waals surface area contributed by atoms with Gasteiger partial charge in [-0.2, -0.15) is 0 Å². The number of carbonyl (C=O) groups is 1. The number of rotatable bonds is 6. The predicted molar refractivity (Wildman–Crippen MR) is 97.4 cm³/mol. The number of hydrogen-bond donors (Lipinski definition) is 1. The zero-order valence-corrected chi connectivity index (χ0v) is 14.3. The Kier molecular flexibility index (Phi) is 5.29. The monoisotopic (exact) mass is 337 g/mol. The van der Waals surface area contributed by atoms with Gasteiger partial charge in [-0.1, -0.05) is 30.3 Å². The van der Waals surface area contributed by atoms with Crippen LogP contribution >= 0.6 is 11.3 Å². The molecule has 0 aliphatic heterocycles. The minimum Gasteiger partial charge on any atom is -0.489 e. The Morgan fingerprint density at radius 3 is 2.42 bits per heavy atom.